The van der Waals surface area contributed by atoms with E-state index in [1.54, 1.807) is 0 Å². The number of thioether (sulfide) groups is 1. The first-order valence-electron chi connectivity index (χ1n) is 9.73. The predicted molar refractivity (Wildman–Crippen MR) is 123 cm³/mol. The van der Waals surface area contributed by atoms with Crippen molar-refractivity contribution in [1.82, 2.24) is 14.5 Å². The van der Waals surface area contributed by atoms with E-state index in [0.717, 1.165) is 16.3 Å². The second kappa shape index (κ2) is 13.6. The molecule has 2 rings (SSSR count). The maximum atomic E-state index is 11.7. The third-order valence-electron chi connectivity index (χ3n) is 4.03. The van der Waals surface area contributed by atoms with Gasteiger partial charge in [-0.1, -0.05) is 20.8 Å². The SMILES string of the molecule is CCN(CC)CC.Nc1ccn([C@@H]2CS[C@H](COP(=O)(O)OP(=O)(O)OP(=O)(O)O)O2)c(=O)n1. The average molecular weight is 570 g/mol. The molecule has 16 nitrogen and oxygen atoms in total. The van der Waals surface area contributed by atoms with Crippen molar-refractivity contribution in [2.24, 2.45) is 0 Å². The van der Waals surface area contributed by atoms with Gasteiger partial charge in [-0.15, -0.1) is 11.8 Å². The lowest BCUT2D eigenvalue weighted by Gasteiger charge is -2.18. The number of nitrogen functional groups attached to an aromatic ring is 1. The number of nitrogens with zero attached hydrogens (tertiary/aromatic N) is 3. The van der Waals surface area contributed by atoms with Crippen LogP contribution in [0.5, 0.6) is 0 Å². The predicted octanol–water partition coefficient (Wildman–Crippen LogP) is 1.10. The lowest BCUT2D eigenvalue weighted by molar-refractivity contribution is -0.00646. The van der Waals surface area contributed by atoms with Crippen LogP contribution in [0.4, 0.5) is 5.82 Å². The summed E-state index contributed by atoms with van der Waals surface area (Å²) in [5.74, 6) is 0.266. The maximum absolute atomic E-state index is 11.7. The fraction of sp³-hybridized carbons (Fsp3) is 0.714. The van der Waals surface area contributed by atoms with Crippen LogP contribution < -0.4 is 11.4 Å². The first-order chi connectivity index (χ1) is 15.6. The zero-order chi connectivity index (χ0) is 26.2. The quantitative estimate of drug-likeness (QED) is 0.234. The highest BCUT2D eigenvalue weighted by Gasteiger charge is 2.41. The first-order valence-corrected chi connectivity index (χ1v) is 15.3. The molecule has 0 amide bonds. The fourth-order valence-electron chi connectivity index (χ4n) is 2.45. The summed E-state index contributed by atoms with van der Waals surface area (Å²) in [6.45, 7) is 9.50. The van der Waals surface area contributed by atoms with Crippen LogP contribution in [-0.4, -0.2) is 71.5 Å². The summed E-state index contributed by atoms with van der Waals surface area (Å²) < 4.78 is 51.5. The number of aromatic nitrogens is 2. The number of rotatable bonds is 11. The lowest BCUT2D eigenvalue weighted by atomic mass is 10.5. The summed E-state index contributed by atoms with van der Waals surface area (Å²) in [5.41, 5.74) is 3.83. The molecule has 1 aliphatic heterocycles. The molecule has 0 saturated carbocycles. The van der Waals surface area contributed by atoms with Gasteiger partial charge in [0.25, 0.3) is 0 Å². The molecule has 1 aliphatic rings. The van der Waals surface area contributed by atoms with Crippen LogP contribution in [-0.2, 0) is 31.6 Å². The third kappa shape index (κ3) is 11.9. The number of nitrogens with two attached hydrogens (primary N) is 1. The van der Waals surface area contributed by atoms with E-state index < -0.39 is 47.4 Å². The molecule has 2 unspecified atom stereocenters. The lowest BCUT2D eigenvalue weighted by Crippen LogP contribution is -2.28. The topological polar surface area (TPSA) is 233 Å². The van der Waals surface area contributed by atoms with Gasteiger partial charge in [-0.05, 0) is 25.7 Å². The maximum Gasteiger partial charge on any atom is 0.490 e. The molecule has 1 aromatic heterocycles. The van der Waals surface area contributed by atoms with Gasteiger partial charge >= 0.3 is 29.2 Å². The minimum atomic E-state index is -5.58. The van der Waals surface area contributed by atoms with Crippen molar-refractivity contribution in [3.05, 3.63) is 22.7 Å². The van der Waals surface area contributed by atoms with Gasteiger partial charge in [0.2, 0.25) is 0 Å². The highest BCUT2D eigenvalue weighted by molar-refractivity contribution is 8.00. The van der Waals surface area contributed by atoms with E-state index >= 15 is 0 Å². The van der Waals surface area contributed by atoms with Gasteiger partial charge in [0.05, 0.1) is 6.61 Å². The van der Waals surface area contributed by atoms with Crippen molar-refractivity contribution < 1.29 is 51.2 Å². The molecule has 2 heterocycles. The highest BCUT2D eigenvalue weighted by atomic mass is 32.2. The molecule has 0 spiro atoms. The van der Waals surface area contributed by atoms with Crippen LogP contribution in [0.25, 0.3) is 0 Å². The van der Waals surface area contributed by atoms with Crippen LogP contribution in [0.1, 0.15) is 27.0 Å². The van der Waals surface area contributed by atoms with E-state index in [1.807, 2.05) is 0 Å². The summed E-state index contributed by atoms with van der Waals surface area (Å²) >= 11 is 1.09. The van der Waals surface area contributed by atoms with Crippen molar-refractivity contribution >= 4 is 41.0 Å². The Morgan fingerprint density at radius 3 is 2.21 bits per heavy atom. The molecule has 0 aliphatic carbocycles. The Morgan fingerprint density at radius 2 is 1.74 bits per heavy atom. The highest BCUT2D eigenvalue weighted by Crippen LogP contribution is 2.66. The van der Waals surface area contributed by atoms with E-state index in [0.29, 0.717) is 0 Å². The Morgan fingerprint density at radius 1 is 1.15 bits per heavy atom. The molecule has 4 atom stereocenters. The average Bonchev–Trinajstić information content (AvgIpc) is 3.14. The van der Waals surface area contributed by atoms with E-state index in [1.165, 1.54) is 31.9 Å². The molecule has 34 heavy (non-hydrogen) atoms. The Labute approximate surface area is 199 Å². The number of phosphoric acid groups is 3. The third-order valence-corrected chi connectivity index (χ3v) is 8.93. The molecular weight excluding hydrogens is 541 g/mol. The van der Waals surface area contributed by atoms with Crippen LogP contribution in [0.15, 0.2) is 17.1 Å². The first kappa shape index (κ1) is 31.4. The molecule has 0 radical (unpaired) electrons. The summed E-state index contributed by atoms with van der Waals surface area (Å²) in [7, 11) is -16.3. The van der Waals surface area contributed by atoms with Crippen molar-refractivity contribution in [1.29, 1.82) is 0 Å². The molecule has 20 heteroatoms. The Balaban J connectivity index is 0.000000718. The number of phosphoric ester groups is 1. The zero-order valence-corrected chi connectivity index (χ0v) is 22.1. The molecule has 1 fully saturated rings. The largest absolute Gasteiger partial charge is 0.490 e. The monoisotopic (exact) mass is 570 g/mol. The van der Waals surface area contributed by atoms with Crippen LogP contribution in [0, 0.1) is 0 Å². The zero-order valence-electron chi connectivity index (χ0n) is 18.6. The second-order valence-electron chi connectivity index (χ2n) is 6.40. The fourth-order valence-corrected chi connectivity index (χ4v) is 6.56. The summed E-state index contributed by atoms with van der Waals surface area (Å²) in [6, 6.07) is 1.37. The standard InChI is InChI=1S/C8H14N3O12P3S.C6H15N/c9-5-1-2-11(8(12)10-5)6-4-27-7(21-6)3-20-25(16,17)23-26(18,19)22-24(13,14)15;1-4-7(5-2)6-3/h1-2,6-7H,3-4H2,(H,16,17)(H,18,19)(H2,9,10,12)(H2,13,14,15);4-6H2,1-3H3/t6-,7+;/m0./s1. The van der Waals surface area contributed by atoms with E-state index in [9.17, 15) is 23.4 Å². The summed E-state index contributed by atoms with van der Waals surface area (Å²) in [6.07, 6.45) is 0.575. The smallest absolute Gasteiger partial charge is 0.383 e. The minimum absolute atomic E-state index is 0.0195. The molecule has 6 N–H and O–H groups in total. The minimum Gasteiger partial charge on any atom is -0.383 e. The van der Waals surface area contributed by atoms with Crippen molar-refractivity contribution in [3.63, 3.8) is 0 Å². The summed E-state index contributed by atoms with van der Waals surface area (Å²) in [5, 5.41) is 0. The van der Waals surface area contributed by atoms with E-state index in [-0.39, 0.29) is 11.6 Å². The Kier molecular flexibility index (Phi) is 12.6. The van der Waals surface area contributed by atoms with Gasteiger partial charge in [-0.3, -0.25) is 9.09 Å². The Hall–Kier alpha value is -0.640. The van der Waals surface area contributed by atoms with Gasteiger partial charge in [0.1, 0.15) is 17.5 Å². The molecule has 1 aromatic rings. The van der Waals surface area contributed by atoms with Crippen molar-refractivity contribution in [3.8, 4) is 0 Å². The molecule has 198 valence electrons. The van der Waals surface area contributed by atoms with Gasteiger partial charge in [-0.25, -0.2) is 18.5 Å². The Bertz CT molecular complexity index is 981. The summed E-state index contributed by atoms with van der Waals surface area (Å²) in [4.78, 5) is 52.9. The molecule has 0 aromatic carbocycles. The van der Waals surface area contributed by atoms with Gasteiger partial charge in [0, 0.05) is 11.9 Å². The van der Waals surface area contributed by atoms with E-state index in [4.69, 9.17) is 25.2 Å². The molecule has 1 saturated heterocycles. The van der Waals surface area contributed by atoms with E-state index in [2.05, 4.69) is 43.8 Å². The van der Waals surface area contributed by atoms with Crippen LogP contribution >= 0.6 is 35.2 Å². The van der Waals surface area contributed by atoms with Gasteiger partial charge < -0.3 is 34.9 Å². The normalized spacial score (nSPS) is 22.0. The van der Waals surface area contributed by atoms with Crippen LogP contribution in [0.2, 0.25) is 0 Å². The van der Waals surface area contributed by atoms with Crippen molar-refractivity contribution in [2.45, 2.75) is 32.4 Å². The number of ether oxygens (including phenoxy) is 1. The number of anilines is 1. The van der Waals surface area contributed by atoms with Crippen LogP contribution in [0.3, 0.4) is 0 Å². The van der Waals surface area contributed by atoms with Gasteiger partial charge in [0.15, 0.2) is 0 Å². The molecular formula is C14H29N4O12P3S. The van der Waals surface area contributed by atoms with Crippen molar-refractivity contribution in [2.75, 3.05) is 37.7 Å². The van der Waals surface area contributed by atoms with Gasteiger partial charge in [-0.2, -0.15) is 13.6 Å². The number of hydrogen-bond donors (Lipinski definition) is 5. The second-order valence-corrected chi connectivity index (χ2v) is 12.0. The molecule has 0 bridgehead atoms. The number of hydrogen-bond acceptors (Lipinski definition) is 12.